The van der Waals surface area contributed by atoms with E-state index in [9.17, 15) is 14.7 Å². The molecule has 0 saturated heterocycles. The molecular weight excluding hydrogens is 520 g/mol. The molecule has 0 bridgehead atoms. The number of fused-ring (bicyclic) bond motifs is 1. The second kappa shape index (κ2) is 7.27. The lowest BCUT2D eigenvalue weighted by Gasteiger charge is -2.12. The van der Waals surface area contributed by atoms with Crippen molar-refractivity contribution in [2.75, 3.05) is 0 Å². The van der Waals surface area contributed by atoms with E-state index in [0.717, 1.165) is 4.47 Å². The summed E-state index contributed by atoms with van der Waals surface area (Å²) in [6.45, 7) is 0. The number of hydrogen-bond donors (Lipinski definition) is 1. The van der Waals surface area contributed by atoms with E-state index in [1.807, 2.05) is 0 Å². The average Bonchev–Trinajstić information content (AvgIpc) is 2.56. The van der Waals surface area contributed by atoms with Crippen molar-refractivity contribution in [2.24, 2.45) is 0 Å². The van der Waals surface area contributed by atoms with Gasteiger partial charge in [0.05, 0.1) is 20.1 Å². The Labute approximate surface area is 168 Å². The number of carbonyl (C=O) groups is 2. The number of carboxylic acids is 1. The fourth-order valence-electron chi connectivity index (χ4n) is 2.46. The summed E-state index contributed by atoms with van der Waals surface area (Å²) >= 11 is 10.1. The molecule has 0 aliphatic heterocycles. The largest absolute Gasteiger partial charge is 0.478 e. The Balaban J connectivity index is 2.11. The summed E-state index contributed by atoms with van der Waals surface area (Å²) in [5, 5.41) is 10.4. The quantitative estimate of drug-likeness (QED) is 0.332. The molecule has 7 heteroatoms. The van der Waals surface area contributed by atoms with Gasteiger partial charge in [0, 0.05) is 9.86 Å². The van der Waals surface area contributed by atoms with Crippen molar-refractivity contribution in [3.8, 4) is 5.75 Å². The zero-order chi connectivity index (χ0) is 18.1. The number of hydrogen-bond acceptors (Lipinski definition) is 3. The topological polar surface area (TPSA) is 63.6 Å². The van der Waals surface area contributed by atoms with Gasteiger partial charge in [-0.3, -0.25) is 0 Å². The molecule has 0 aromatic heterocycles. The van der Waals surface area contributed by atoms with Crippen LogP contribution in [0.2, 0.25) is 0 Å². The van der Waals surface area contributed by atoms with E-state index in [1.165, 1.54) is 6.07 Å². The zero-order valence-corrected chi connectivity index (χ0v) is 17.2. The van der Waals surface area contributed by atoms with Crippen molar-refractivity contribution in [1.82, 2.24) is 0 Å². The molecule has 0 radical (unpaired) electrons. The molecule has 0 spiro atoms. The lowest BCUT2D eigenvalue weighted by molar-refractivity contribution is 0.0698. The minimum Gasteiger partial charge on any atom is -0.478 e. The molecule has 3 aromatic carbocycles. The molecule has 0 aliphatic carbocycles. The summed E-state index contributed by atoms with van der Waals surface area (Å²) in [6, 6.07) is 13.4. The molecule has 126 valence electrons. The van der Waals surface area contributed by atoms with Crippen LogP contribution in [0, 0.1) is 0 Å². The Morgan fingerprint density at radius 3 is 2.00 bits per heavy atom. The van der Waals surface area contributed by atoms with Crippen LogP contribution in [0.15, 0.2) is 61.9 Å². The molecule has 0 heterocycles. The maximum Gasteiger partial charge on any atom is 0.344 e. The Morgan fingerprint density at radius 1 is 0.880 bits per heavy atom. The van der Waals surface area contributed by atoms with Gasteiger partial charge in [-0.25, -0.2) is 9.59 Å². The highest BCUT2D eigenvalue weighted by Crippen LogP contribution is 2.37. The molecule has 0 aliphatic rings. The van der Waals surface area contributed by atoms with Crippen LogP contribution in [0.25, 0.3) is 10.8 Å². The van der Waals surface area contributed by atoms with Crippen LogP contribution in [-0.4, -0.2) is 17.0 Å². The second-order valence-electron chi connectivity index (χ2n) is 5.10. The molecule has 1 N–H and O–H groups in total. The van der Waals surface area contributed by atoms with E-state index in [2.05, 4.69) is 47.8 Å². The SMILES string of the molecule is O=C(O)c1cccc2cccc(C(=O)Oc3c(Br)cc(Br)cc3Br)c12. The Morgan fingerprint density at radius 2 is 1.44 bits per heavy atom. The van der Waals surface area contributed by atoms with Gasteiger partial charge in [-0.15, -0.1) is 0 Å². The van der Waals surface area contributed by atoms with Crippen molar-refractivity contribution in [3.05, 3.63) is 73.1 Å². The van der Waals surface area contributed by atoms with Crippen LogP contribution < -0.4 is 4.74 Å². The summed E-state index contributed by atoms with van der Waals surface area (Å²) in [5.41, 5.74) is 0.246. The number of esters is 1. The van der Waals surface area contributed by atoms with Gasteiger partial charge in [0.25, 0.3) is 0 Å². The van der Waals surface area contributed by atoms with Crippen LogP contribution in [-0.2, 0) is 0 Å². The molecule has 25 heavy (non-hydrogen) atoms. The summed E-state index contributed by atoms with van der Waals surface area (Å²) in [7, 11) is 0. The molecule has 0 atom stereocenters. The number of rotatable bonds is 3. The van der Waals surface area contributed by atoms with Crippen LogP contribution in [0.3, 0.4) is 0 Å². The molecule has 0 amide bonds. The van der Waals surface area contributed by atoms with E-state index in [-0.39, 0.29) is 11.1 Å². The molecule has 0 fully saturated rings. The smallest absolute Gasteiger partial charge is 0.344 e. The van der Waals surface area contributed by atoms with E-state index in [0.29, 0.717) is 25.5 Å². The lowest BCUT2D eigenvalue weighted by Crippen LogP contribution is -2.11. The van der Waals surface area contributed by atoms with Gasteiger partial charge in [-0.05, 0) is 61.5 Å². The predicted octanol–water partition coefficient (Wildman–Crippen LogP) is 6.04. The first-order valence-corrected chi connectivity index (χ1v) is 9.38. The molecule has 0 saturated carbocycles. The molecule has 0 unspecified atom stereocenters. The third-order valence-electron chi connectivity index (χ3n) is 3.51. The third kappa shape index (κ3) is 3.63. The molecular formula is C18H9Br3O4. The van der Waals surface area contributed by atoms with Gasteiger partial charge in [-0.2, -0.15) is 0 Å². The van der Waals surface area contributed by atoms with E-state index in [4.69, 9.17) is 4.74 Å². The first kappa shape index (κ1) is 18.1. The van der Waals surface area contributed by atoms with Crippen LogP contribution in [0.4, 0.5) is 0 Å². The normalized spacial score (nSPS) is 10.7. The number of ether oxygens (including phenoxy) is 1. The van der Waals surface area contributed by atoms with Crippen molar-refractivity contribution in [2.45, 2.75) is 0 Å². The van der Waals surface area contributed by atoms with Crippen LogP contribution >= 0.6 is 47.8 Å². The highest BCUT2D eigenvalue weighted by molar-refractivity contribution is 9.11. The zero-order valence-electron chi connectivity index (χ0n) is 12.4. The van der Waals surface area contributed by atoms with E-state index < -0.39 is 11.9 Å². The second-order valence-corrected chi connectivity index (χ2v) is 7.73. The third-order valence-corrected chi connectivity index (χ3v) is 5.15. The molecule has 4 nitrogen and oxygen atoms in total. The van der Waals surface area contributed by atoms with Crippen molar-refractivity contribution in [1.29, 1.82) is 0 Å². The minimum atomic E-state index is -1.10. The Bertz CT molecular complexity index is 986. The number of carboxylic acid groups (broad SMARTS) is 1. The highest BCUT2D eigenvalue weighted by Gasteiger charge is 2.20. The first-order chi connectivity index (χ1) is 11.9. The Hall–Kier alpha value is -1.70. The van der Waals surface area contributed by atoms with Crippen LogP contribution in [0.5, 0.6) is 5.75 Å². The molecule has 3 rings (SSSR count). The standard InChI is InChI=1S/C18H9Br3O4/c19-10-7-13(20)16(14(21)8-10)25-18(24)12-6-2-4-9-3-1-5-11(15(9)12)17(22)23/h1-8H,(H,22,23). The van der Waals surface area contributed by atoms with Crippen LogP contribution in [0.1, 0.15) is 20.7 Å². The Kier molecular flexibility index (Phi) is 5.27. The first-order valence-electron chi connectivity index (χ1n) is 7.00. The van der Waals surface area contributed by atoms with Gasteiger partial charge >= 0.3 is 11.9 Å². The van der Waals surface area contributed by atoms with E-state index in [1.54, 1.807) is 42.5 Å². The molecule has 3 aromatic rings. The maximum absolute atomic E-state index is 12.7. The van der Waals surface area contributed by atoms with Gasteiger partial charge < -0.3 is 9.84 Å². The minimum absolute atomic E-state index is 0.0546. The van der Waals surface area contributed by atoms with Crippen molar-refractivity contribution in [3.63, 3.8) is 0 Å². The lowest BCUT2D eigenvalue weighted by atomic mass is 9.99. The predicted molar refractivity (Wildman–Crippen MR) is 105 cm³/mol. The maximum atomic E-state index is 12.7. The fraction of sp³-hybridized carbons (Fsp3) is 0. The summed E-state index contributed by atoms with van der Waals surface area (Å²) in [5.74, 6) is -1.42. The summed E-state index contributed by atoms with van der Waals surface area (Å²) in [4.78, 5) is 24.2. The number of benzene rings is 3. The van der Waals surface area contributed by atoms with Gasteiger partial charge in [0.1, 0.15) is 0 Å². The van der Waals surface area contributed by atoms with E-state index >= 15 is 0 Å². The van der Waals surface area contributed by atoms with Gasteiger partial charge in [-0.1, -0.05) is 40.2 Å². The average molecular weight is 529 g/mol. The van der Waals surface area contributed by atoms with Crippen molar-refractivity contribution < 1.29 is 19.4 Å². The summed E-state index contributed by atoms with van der Waals surface area (Å²) in [6.07, 6.45) is 0. The number of carbonyl (C=O) groups excluding carboxylic acids is 1. The monoisotopic (exact) mass is 526 g/mol. The number of halogens is 3. The van der Waals surface area contributed by atoms with Gasteiger partial charge in [0.15, 0.2) is 5.75 Å². The fourth-order valence-corrected chi connectivity index (χ4v) is 4.88. The summed E-state index contributed by atoms with van der Waals surface area (Å²) < 4.78 is 7.49. The highest BCUT2D eigenvalue weighted by atomic mass is 79.9. The number of aromatic carboxylic acids is 1. The van der Waals surface area contributed by atoms with Gasteiger partial charge in [0.2, 0.25) is 0 Å². The van der Waals surface area contributed by atoms with Crippen molar-refractivity contribution >= 4 is 70.5 Å².